The molecule has 0 atom stereocenters. The number of nitrogens with one attached hydrogen (secondary N) is 1. The molecular formula is C25H32F3N3O6S. The van der Waals surface area contributed by atoms with E-state index in [1.165, 1.54) is 4.31 Å². The van der Waals surface area contributed by atoms with Crippen LogP contribution >= 0.6 is 0 Å². The maximum absolute atomic E-state index is 13.6. The molecular weight excluding hydrogens is 527 g/mol. The molecule has 0 spiro atoms. The molecule has 2 aromatic rings. The number of aliphatic carboxylic acids is 1. The summed E-state index contributed by atoms with van der Waals surface area (Å²) in [4.78, 5) is 23.7. The van der Waals surface area contributed by atoms with Gasteiger partial charge < -0.3 is 20.1 Å². The number of rotatable bonds is 8. The van der Waals surface area contributed by atoms with Gasteiger partial charge in [-0.2, -0.15) is 17.5 Å². The molecule has 1 aliphatic heterocycles. The van der Waals surface area contributed by atoms with Crippen molar-refractivity contribution in [3.8, 4) is 5.75 Å². The van der Waals surface area contributed by atoms with Gasteiger partial charge in [-0.1, -0.05) is 24.3 Å². The molecule has 0 aliphatic carbocycles. The number of ether oxygens (including phenoxy) is 1. The van der Waals surface area contributed by atoms with Crippen LogP contribution in [-0.4, -0.2) is 80.6 Å². The number of carboxylic acids is 1. The maximum atomic E-state index is 13.6. The van der Waals surface area contributed by atoms with Gasteiger partial charge in [0.05, 0.1) is 12.0 Å². The fraction of sp³-hybridized carbons (Fsp3) is 0.440. The fourth-order valence-electron chi connectivity index (χ4n) is 3.68. The molecule has 13 heteroatoms. The zero-order chi connectivity index (χ0) is 28.5. The van der Waals surface area contributed by atoms with Gasteiger partial charge >= 0.3 is 12.1 Å². The highest BCUT2D eigenvalue weighted by atomic mass is 32.2. The first-order chi connectivity index (χ1) is 17.8. The Morgan fingerprint density at radius 2 is 1.74 bits per heavy atom. The Kier molecular flexibility index (Phi) is 11.1. The van der Waals surface area contributed by atoms with E-state index in [4.69, 9.17) is 14.6 Å². The average molecular weight is 560 g/mol. The SMILES string of the molecule is COc1cccc(CN(CCC(=O)N2CCNCC2)S(=O)(=O)c2cc(C)ccc2C)c1.O=C(O)C(F)(F)F. The van der Waals surface area contributed by atoms with Crippen LogP contribution in [0.15, 0.2) is 47.4 Å². The van der Waals surface area contributed by atoms with Crippen molar-refractivity contribution in [2.24, 2.45) is 0 Å². The van der Waals surface area contributed by atoms with Gasteiger partial charge in [0.25, 0.3) is 0 Å². The average Bonchev–Trinajstić information content (AvgIpc) is 2.88. The van der Waals surface area contributed by atoms with Crippen molar-refractivity contribution in [1.29, 1.82) is 0 Å². The Morgan fingerprint density at radius 1 is 1.11 bits per heavy atom. The summed E-state index contributed by atoms with van der Waals surface area (Å²) in [6.07, 6.45) is -4.94. The molecule has 0 bridgehead atoms. The number of carboxylic acid groups (broad SMARTS) is 1. The number of piperazine rings is 1. The number of nitrogens with zero attached hydrogens (tertiary/aromatic N) is 2. The Morgan fingerprint density at radius 3 is 2.32 bits per heavy atom. The first-order valence-electron chi connectivity index (χ1n) is 11.7. The monoisotopic (exact) mass is 559 g/mol. The van der Waals surface area contributed by atoms with Gasteiger partial charge in [-0.3, -0.25) is 4.79 Å². The highest BCUT2D eigenvalue weighted by Gasteiger charge is 2.38. The van der Waals surface area contributed by atoms with Crippen LogP contribution in [0.2, 0.25) is 0 Å². The second kappa shape index (κ2) is 13.6. The van der Waals surface area contributed by atoms with Gasteiger partial charge in [-0.05, 0) is 48.7 Å². The number of amides is 1. The number of carbonyl (C=O) groups excluding carboxylic acids is 1. The van der Waals surface area contributed by atoms with Gasteiger partial charge in [-0.25, -0.2) is 13.2 Å². The lowest BCUT2D eigenvalue weighted by Gasteiger charge is -2.29. The minimum atomic E-state index is -5.08. The van der Waals surface area contributed by atoms with Crippen molar-refractivity contribution in [2.45, 2.75) is 37.9 Å². The largest absolute Gasteiger partial charge is 0.497 e. The summed E-state index contributed by atoms with van der Waals surface area (Å²) in [5.74, 6) is -2.11. The Hall–Kier alpha value is -3.16. The second-order valence-electron chi connectivity index (χ2n) is 8.64. The van der Waals surface area contributed by atoms with Crippen LogP contribution in [0.3, 0.4) is 0 Å². The summed E-state index contributed by atoms with van der Waals surface area (Å²) in [6.45, 7) is 6.79. The van der Waals surface area contributed by atoms with Gasteiger partial charge in [0.15, 0.2) is 0 Å². The van der Waals surface area contributed by atoms with E-state index in [9.17, 15) is 26.4 Å². The Bertz CT molecular complexity index is 1220. The number of hydrogen-bond acceptors (Lipinski definition) is 6. The molecule has 210 valence electrons. The number of carbonyl (C=O) groups is 2. The molecule has 3 rings (SSSR count). The third-order valence-corrected chi connectivity index (χ3v) is 7.73. The molecule has 1 fully saturated rings. The number of halogens is 3. The molecule has 2 aromatic carbocycles. The zero-order valence-electron chi connectivity index (χ0n) is 21.4. The highest BCUT2D eigenvalue weighted by molar-refractivity contribution is 7.89. The highest BCUT2D eigenvalue weighted by Crippen LogP contribution is 2.24. The van der Waals surface area contributed by atoms with Gasteiger partial charge in [0, 0.05) is 45.7 Å². The molecule has 1 heterocycles. The summed E-state index contributed by atoms with van der Waals surface area (Å²) in [6, 6.07) is 12.8. The van der Waals surface area contributed by atoms with Crippen LogP contribution in [0.5, 0.6) is 5.75 Å². The topological polar surface area (TPSA) is 116 Å². The van der Waals surface area contributed by atoms with E-state index < -0.39 is 22.2 Å². The van der Waals surface area contributed by atoms with Crippen LogP contribution in [0.1, 0.15) is 23.1 Å². The van der Waals surface area contributed by atoms with Crippen LogP contribution in [0.25, 0.3) is 0 Å². The smallest absolute Gasteiger partial charge is 0.490 e. The van der Waals surface area contributed by atoms with E-state index in [1.54, 1.807) is 25.0 Å². The van der Waals surface area contributed by atoms with Crippen LogP contribution in [-0.2, 0) is 26.2 Å². The number of benzene rings is 2. The van der Waals surface area contributed by atoms with Crippen molar-refractivity contribution >= 4 is 21.9 Å². The molecule has 1 aliphatic rings. The Labute approximate surface area is 220 Å². The standard InChI is InChI=1S/C23H31N3O4S.C2HF3O2/c1-18-7-8-19(2)22(15-18)31(28,29)26(17-20-5-4-6-21(16-20)30-3)12-9-23(27)25-13-10-24-11-14-25;3-2(4,5)1(6)7/h4-8,15-16,24H,9-14,17H2,1-3H3;(H,6,7). The predicted octanol–water partition coefficient (Wildman–Crippen LogP) is 2.96. The van der Waals surface area contributed by atoms with Gasteiger partial charge in [0.1, 0.15) is 5.75 Å². The van der Waals surface area contributed by atoms with Crippen molar-refractivity contribution < 1.29 is 41.0 Å². The molecule has 2 N–H and O–H groups in total. The molecule has 9 nitrogen and oxygen atoms in total. The third kappa shape index (κ3) is 8.99. The number of methoxy groups -OCH3 is 1. The third-order valence-electron chi connectivity index (χ3n) is 5.74. The van der Waals surface area contributed by atoms with Crippen molar-refractivity contribution in [2.75, 3.05) is 39.8 Å². The molecule has 0 unspecified atom stereocenters. The van der Waals surface area contributed by atoms with Gasteiger partial charge in [0.2, 0.25) is 15.9 Å². The van der Waals surface area contributed by atoms with E-state index in [0.717, 1.165) is 24.2 Å². The lowest BCUT2D eigenvalue weighted by atomic mass is 10.2. The molecule has 38 heavy (non-hydrogen) atoms. The van der Waals surface area contributed by atoms with Crippen LogP contribution in [0, 0.1) is 13.8 Å². The lowest BCUT2D eigenvalue weighted by molar-refractivity contribution is -0.192. The summed E-state index contributed by atoms with van der Waals surface area (Å²) >= 11 is 0. The van der Waals surface area contributed by atoms with Crippen LogP contribution < -0.4 is 10.1 Å². The van der Waals surface area contributed by atoms with Gasteiger partial charge in [-0.15, -0.1) is 0 Å². The quantitative estimate of drug-likeness (QED) is 0.511. The van der Waals surface area contributed by atoms with Crippen molar-refractivity contribution in [3.05, 3.63) is 59.2 Å². The van der Waals surface area contributed by atoms with E-state index in [-0.39, 0.29) is 30.3 Å². The van der Waals surface area contributed by atoms with E-state index in [0.29, 0.717) is 24.4 Å². The fourth-order valence-corrected chi connectivity index (χ4v) is 5.41. The lowest BCUT2D eigenvalue weighted by Crippen LogP contribution is -2.47. The summed E-state index contributed by atoms with van der Waals surface area (Å²) < 4.78 is 65.7. The minimum absolute atomic E-state index is 0.0201. The summed E-state index contributed by atoms with van der Waals surface area (Å²) in [7, 11) is -2.21. The van der Waals surface area contributed by atoms with E-state index in [2.05, 4.69) is 5.32 Å². The summed E-state index contributed by atoms with van der Waals surface area (Å²) in [5.41, 5.74) is 2.37. The molecule has 1 amide bonds. The summed E-state index contributed by atoms with van der Waals surface area (Å²) in [5, 5.41) is 10.3. The zero-order valence-corrected chi connectivity index (χ0v) is 22.2. The minimum Gasteiger partial charge on any atom is -0.497 e. The molecule has 0 radical (unpaired) electrons. The van der Waals surface area contributed by atoms with Crippen molar-refractivity contribution in [1.82, 2.24) is 14.5 Å². The van der Waals surface area contributed by atoms with Crippen LogP contribution in [0.4, 0.5) is 13.2 Å². The number of aryl methyl sites for hydroxylation is 2. The number of alkyl halides is 3. The number of sulfonamides is 1. The van der Waals surface area contributed by atoms with Crippen molar-refractivity contribution in [3.63, 3.8) is 0 Å². The first-order valence-corrected chi connectivity index (χ1v) is 13.2. The normalized spacial score (nSPS) is 14.0. The predicted molar refractivity (Wildman–Crippen MR) is 134 cm³/mol. The first kappa shape index (κ1) is 31.1. The number of hydrogen-bond donors (Lipinski definition) is 2. The Balaban J connectivity index is 0.000000638. The molecule has 0 saturated carbocycles. The maximum Gasteiger partial charge on any atom is 0.490 e. The molecule has 0 aromatic heterocycles. The van der Waals surface area contributed by atoms with E-state index >= 15 is 0 Å². The van der Waals surface area contributed by atoms with E-state index in [1.807, 2.05) is 43.3 Å². The second-order valence-corrected chi connectivity index (χ2v) is 10.5. The molecule has 1 saturated heterocycles.